The van der Waals surface area contributed by atoms with Gasteiger partial charge in [0, 0.05) is 75.0 Å². The van der Waals surface area contributed by atoms with Crippen molar-refractivity contribution in [3.05, 3.63) is 72.1 Å². The summed E-state index contributed by atoms with van der Waals surface area (Å²) in [6.45, 7) is 11.1. The van der Waals surface area contributed by atoms with Crippen LogP contribution in [0.4, 0.5) is 14.9 Å². The number of carbonyl (C=O) groups excluding carboxylic acids is 1. The van der Waals surface area contributed by atoms with Crippen LogP contribution >= 0.6 is 0 Å². The predicted octanol–water partition coefficient (Wildman–Crippen LogP) is 4.30. The Balaban J connectivity index is 0.849. The van der Waals surface area contributed by atoms with Gasteiger partial charge in [0.1, 0.15) is 11.1 Å². The molecular formula is C42H57FN6O5S. The molecule has 5 heterocycles. The van der Waals surface area contributed by atoms with Crippen LogP contribution in [0.3, 0.4) is 0 Å². The Bertz CT molecular complexity index is 1820. The maximum absolute atomic E-state index is 14.9. The summed E-state index contributed by atoms with van der Waals surface area (Å²) >= 11 is 0. The number of anilines is 1. The molecule has 1 aliphatic carbocycles. The second kappa shape index (κ2) is 16.1. The molecule has 5 saturated heterocycles. The van der Waals surface area contributed by atoms with E-state index in [1.165, 1.54) is 18.9 Å². The molecule has 2 amide bonds. The van der Waals surface area contributed by atoms with Crippen LogP contribution in [-0.2, 0) is 20.0 Å². The number of benzene rings is 2. The summed E-state index contributed by atoms with van der Waals surface area (Å²) in [5.74, 6) is 0.607. The molecule has 0 aromatic heterocycles. The zero-order valence-electron chi connectivity index (χ0n) is 31.9. The van der Waals surface area contributed by atoms with Crippen LogP contribution in [0, 0.1) is 23.6 Å². The zero-order valence-corrected chi connectivity index (χ0v) is 32.7. The van der Waals surface area contributed by atoms with E-state index in [1.807, 2.05) is 24.3 Å². The quantitative estimate of drug-likeness (QED) is 0.271. The highest BCUT2D eigenvalue weighted by atomic mass is 32.2. The first-order valence-electron chi connectivity index (χ1n) is 20.6. The van der Waals surface area contributed by atoms with E-state index in [0.29, 0.717) is 16.7 Å². The second-order valence-electron chi connectivity index (χ2n) is 17.1. The molecule has 1 unspecified atom stereocenters. The Morgan fingerprint density at radius 3 is 2.20 bits per heavy atom. The normalized spacial score (nSPS) is 25.9. The molecule has 11 nitrogen and oxygen atoms in total. The minimum absolute atomic E-state index is 0.115. The summed E-state index contributed by atoms with van der Waals surface area (Å²) in [6, 6.07) is 14.3. The smallest absolute Gasteiger partial charge is 0.404 e. The SMILES string of the molecule is O=C(O)N[C@H]1CCC[C@@H]1C(CN1CCC1)(c1cccc(F)c1)C1CCN(CC2CN(c3ccc(S(=O)(=O)C4CN(C(=O)/C=C/CN5CCC5)C4)cc3)C2)CC1. The third-order valence-corrected chi connectivity index (χ3v) is 15.9. The van der Waals surface area contributed by atoms with Crippen LogP contribution in [-0.4, -0.2) is 141 Å². The van der Waals surface area contributed by atoms with Gasteiger partial charge in [0.15, 0.2) is 9.84 Å². The number of rotatable bonds is 14. The van der Waals surface area contributed by atoms with Gasteiger partial charge in [-0.2, -0.15) is 0 Å². The molecule has 5 aliphatic heterocycles. The Kier molecular flexibility index (Phi) is 11.3. The van der Waals surface area contributed by atoms with Crippen molar-refractivity contribution in [1.82, 2.24) is 24.9 Å². The molecule has 2 aromatic carbocycles. The number of hydrogen-bond acceptors (Lipinski definition) is 8. The highest BCUT2D eigenvalue weighted by Gasteiger charge is 2.53. The monoisotopic (exact) mass is 776 g/mol. The highest BCUT2D eigenvalue weighted by Crippen LogP contribution is 2.51. The Morgan fingerprint density at radius 1 is 0.855 bits per heavy atom. The van der Waals surface area contributed by atoms with Crippen LogP contribution in [0.25, 0.3) is 0 Å². The van der Waals surface area contributed by atoms with E-state index in [4.69, 9.17) is 0 Å². The van der Waals surface area contributed by atoms with Crippen molar-refractivity contribution < 1.29 is 27.5 Å². The molecule has 1 saturated carbocycles. The molecule has 8 rings (SSSR count). The number of carbonyl (C=O) groups is 2. The number of carboxylic acid groups (broad SMARTS) is 1. The predicted molar refractivity (Wildman–Crippen MR) is 210 cm³/mol. The van der Waals surface area contributed by atoms with E-state index in [-0.39, 0.29) is 42.2 Å². The number of halogens is 1. The van der Waals surface area contributed by atoms with Crippen molar-refractivity contribution in [3.63, 3.8) is 0 Å². The lowest BCUT2D eigenvalue weighted by Gasteiger charge is -2.54. The minimum Gasteiger partial charge on any atom is -0.465 e. The first kappa shape index (κ1) is 38.4. The number of likely N-dealkylation sites (tertiary alicyclic amines) is 4. The molecule has 0 spiro atoms. The van der Waals surface area contributed by atoms with E-state index >= 15 is 0 Å². The van der Waals surface area contributed by atoms with Gasteiger partial charge in [-0.3, -0.25) is 9.69 Å². The Morgan fingerprint density at radius 2 is 1.56 bits per heavy atom. The van der Waals surface area contributed by atoms with Gasteiger partial charge in [0.25, 0.3) is 0 Å². The fourth-order valence-electron chi connectivity index (χ4n) is 10.4. The van der Waals surface area contributed by atoms with Gasteiger partial charge in [0.2, 0.25) is 5.91 Å². The number of amides is 2. The number of hydrogen-bond donors (Lipinski definition) is 2. The largest absolute Gasteiger partial charge is 0.465 e. The van der Waals surface area contributed by atoms with Crippen molar-refractivity contribution in [2.24, 2.45) is 17.8 Å². The molecule has 298 valence electrons. The van der Waals surface area contributed by atoms with E-state index in [9.17, 15) is 27.5 Å². The fourth-order valence-corrected chi connectivity index (χ4v) is 12.1. The summed E-state index contributed by atoms with van der Waals surface area (Å²) in [6.07, 6.45) is 9.57. The van der Waals surface area contributed by atoms with Crippen LogP contribution in [0.5, 0.6) is 0 Å². The Hall–Kier alpha value is -3.52. The van der Waals surface area contributed by atoms with Gasteiger partial charge in [0.05, 0.1) is 4.90 Å². The van der Waals surface area contributed by atoms with E-state index < -0.39 is 21.2 Å². The summed E-state index contributed by atoms with van der Waals surface area (Å²) < 4.78 is 41.6. The van der Waals surface area contributed by atoms with Gasteiger partial charge < -0.3 is 30.0 Å². The van der Waals surface area contributed by atoms with Crippen LogP contribution in [0.15, 0.2) is 65.6 Å². The summed E-state index contributed by atoms with van der Waals surface area (Å²) in [7, 11) is -3.52. The van der Waals surface area contributed by atoms with Gasteiger partial charge in [-0.05, 0) is 132 Å². The first-order valence-corrected chi connectivity index (χ1v) is 22.1. The number of sulfone groups is 1. The van der Waals surface area contributed by atoms with Crippen LogP contribution < -0.4 is 10.2 Å². The minimum atomic E-state index is -3.52. The molecule has 3 atom stereocenters. The standard InChI is InChI=1S/C42H57FN6O5S/c43-34-7-1-6-33(24-34)42(30-47-20-5-21-47,38-8-2-9-39(38)44-41(51)52)32-15-22-46(23-16-32)25-31-26-48(27-31)35-11-13-36(14-12-35)55(53,54)37-28-49(29-37)40(50)10-3-17-45-18-4-19-45/h1,3,6-7,10-14,24,31-32,37-39,44H,2,4-5,8-9,15-23,25-30H2,(H,51,52)/b10-3+/t38-,39-,42?/m0/s1. The molecular weight excluding hydrogens is 720 g/mol. The summed E-state index contributed by atoms with van der Waals surface area (Å²) in [4.78, 5) is 35.9. The van der Waals surface area contributed by atoms with Gasteiger partial charge in [-0.1, -0.05) is 24.6 Å². The third-order valence-electron chi connectivity index (χ3n) is 13.8. The molecule has 55 heavy (non-hydrogen) atoms. The van der Waals surface area contributed by atoms with Gasteiger partial charge in [-0.25, -0.2) is 17.6 Å². The van der Waals surface area contributed by atoms with Crippen molar-refractivity contribution in [1.29, 1.82) is 0 Å². The van der Waals surface area contributed by atoms with Crippen molar-refractivity contribution in [2.75, 3.05) is 90.0 Å². The van der Waals surface area contributed by atoms with E-state index in [1.54, 1.807) is 29.2 Å². The molecule has 13 heteroatoms. The zero-order chi connectivity index (χ0) is 38.2. The molecule has 2 N–H and O–H groups in total. The molecule has 0 bridgehead atoms. The van der Waals surface area contributed by atoms with Crippen molar-refractivity contribution in [3.8, 4) is 0 Å². The van der Waals surface area contributed by atoms with Gasteiger partial charge in [-0.15, -0.1) is 0 Å². The third kappa shape index (κ3) is 8.04. The average molecular weight is 777 g/mol. The van der Waals surface area contributed by atoms with Crippen LogP contribution in [0.2, 0.25) is 0 Å². The molecule has 0 radical (unpaired) electrons. The number of piperidine rings is 1. The topological polar surface area (TPSA) is 117 Å². The van der Waals surface area contributed by atoms with E-state index in [2.05, 4.69) is 31.0 Å². The maximum Gasteiger partial charge on any atom is 0.404 e. The van der Waals surface area contributed by atoms with Crippen molar-refractivity contribution >= 4 is 27.5 Å². The van der Waals surface area contributed by atoms with Crippen LogP contribution in [0.1, 0.15) is 50.5 Å². The number of nitrogens with zero attached hydrogens (tertiary/aromatic N) is 5. The Labute approximate surface area is 325 Å². The second-order valence-corrected chi connectivity index (χ2v) is 19.3. The molecule has 6 fully saturated rings. The van der Waals surface area contributed by atoms with Gasteiger partial charge >= 0.3 is 6.09 Å². The first-order chi connectivity index (χ1) is 26.6. The maximum atomic E-state index is 14.9. The fraction of sp³-hybridized carbons (Fsp3) is 0.619. The van der Waals surface area contributed by atoms with Crippen molar-refractivity contribution in [2.45, 2.75) is 66.5 Å². The average Bonchev–Trinajstić information content (AvgIpc) is 3.54. The lowest BCUT2D eigenvalue weighted by atomic mass is 9.57. The lowest BCUT2D eigenvalue weighted by molar-refractivity contribution is -0.129. The highest BCUT2D eigenvalue weighted by molar-refractivity contribution is 7.92. The molecule has 2 aromatic rings. The lowest BCUT2D eigenvalue weighted by Crippen LogP contribution is -2.60. The molecule has 6 aliphatic rings. The summed E-state index contributed by atoms with van der Waals surface area (Å²) in [5, 5.41) is 12.1. The summed E-state index contributed by atoms with van der Waals surface area (Å²) in [5.41, 5.74) is 1.73. The van der Waals surface area contributed by atoms with E-state index in [0.717, 1.165) is 115 Å². The number of nitrogens with one attached hydrogen (secondary N) is 1.